The van der Waals surface area contributed by atoms with Crippen LogP contribution in [0.4, 0.5) is 4.79 Å². The highest BCUT2D eigenvalue weighted by Crippen LogP contribution is 2.41. The number of pyridine rings is 1. The van der Waals surface area contributed by atoms with Gasteiger partial charge in [0.15, 0.2) is 17.7 Å². The summed E-state index contributed by atoms with van der Waals surface area (Å²) in [6, 6.07) is 4.00. The Hall–Kier alpha value is -4.03. The van der Waals surface area contributed by atoms with Gasteiger partial charge in [-0.05, 0) is 98.9 Å². The van der Waals surface area contributed by atoms with Crippen LogP contribution in [-0.2, 0) is 44.6 Å². The van der Waals surface area contributed by atoms with Crippen molar-refractivity contribution in [3.63, 3.8) is 0 Å². The normalized spacial score (nSPS) is 35.6. The number of likely N-dealkylation sites (N-methyl/N-ethyl adjacent to an activating group) is 1. The summed E-state index contributed by atoms with van der Waals surface area (Å²) >= 11 is 0. The number of rotatable bonds is 11. The standard InChI is InChI=1S/C44H69N7O10/c1-13-35-44(9)38(50(42(56)61-44)21-17-16-20-49-25-33(46-47-49)32-18-14-15-19-45-32)30(6)51(31(7)52)24-26(2)23-43(8,57-12)39(28(4)36(53)29(5)40(55)59-35)60-41-37(54)34(48(10)11)22-27(3)58-41/h14-15,18-19,25-30,34-35,37-39,41,54H,13,16-17,20-24H2,1-12H3/t26-,27-,28-,29-,30-,34?,35-,37?,38-,39-,41+,43-,44-/m1/s1. The molecule has 61 heavy (non-hydrogen) atoms. The van der Waals surface area contributed by atoms with Crippen molar-refractivity contribution in [2.45, 2.75) is 161 Å². The van der Waals surface area contributed by atoms with E-state index in [-0.39, 0.29) is 36.9 Å². The molecule has 2 aromatic heterocycles. The number of carbonyl (C=O) groups excluding carboxylic acids is 4. The maximum absolute atomic E-state index is 14.5. The minimum Gasteiger partial charge on any atom is -0.458 e. The van der Waals surface area contributed by atoms with Crippen LogP contribution in [0.1, 0.15) is 94.4 Å². The molecule has 0 radical (unpaired) electrons. The topological polar surface area (TPSA) is 188 Å². The van der Waals surface area contributed by atoms with Crippen LogP contribution in [0.5, 0.6) is 0 Å². The molecule has 13 atom stereocenters. The quantitative estimate of drug-likeness (QED) is 0.191. The predicted octanol–water partition coefficient (Wildman–Crippen LogP) is 4.36. The maximum Gasteiger partial charge on any atom is 0.410 e. The van der Waals surface area contributed by atoms with Crippen LogP contribution in [0.2, 0.25) is 0 Å². The van der Waals surface area contributed by atoms with Crippen molar-refractivity contribution in [2.24, 2.45) is 17.8 Å². The number of hydrogen-bond acceptors (Lipinski definition) is 14. The van der Waals surface area contributed by atoms with Crippen LogP contribution in [0.15, 0.2) is 30.6 Å². The first-order valence-corrected chi connectivity index (χ1v) is 21.8. The van der Waals surface area contributed by atoms with Crippen LogP contribution in [0.3, 0.4) is 0 Å². The molecule has 17 heteroatoms. The summed E-state index contributed by atoms with van der Waals surface area (Å²) in [5.74, 6) is -3.82. The van der Waals surface area contributed by atoms with Crippen LogP contribution >= 0.6 is 0 Å². The molecule has 5 rings (SSSR count). The van der Waals surface area contributed by atoms with Crippen molar-refractivity contribution in [1.82, 2.24) is 34.7 Å². The minimum atomic E-state index is -1.39. The third-order valence-corrected chi connectivity index (χ3v) is 13.2. The second kappa shape index (κ2) is 20.0. The van der Waals surface area contributed by atoms with E-state index in [9.17, 15) is 24.3 Å². The second-order valence-electron chi connectivity index (χ2n) is 18.1. The van der Waals surface area contributed by atoms with Gasteiger partial charge in [0.1, 0.15) is 23.8 Å². The number of aromatic nitrogens is 4. The van der Waals surface area contributed by atoms with Crippen molar-refractivity contribution < 1.29 is 48.0 Å². The zero-order valence-electron chi connectivity index (χ0n) is 38.1. The Kier molecular flexibility index (Phi) is 15.7. The summed E-state index contributed by atoms with van der Waals surface area (Å²) in [7, 11) is 5.31. The van der Waals surface area contributed by atoms with E-state index in [1.807, 2.05) is 78.0 Å². The lowest BCUT2D eigenvalue weighted by atomic mass is 9.78. The van der Waals surface area contributed by atoms with Crippen molar-refractivity contribution in [3.05, 3.63) is 30.6 Å². The molecule has 3 fully saturated rings. The summed E-state index contributed by atoms with van der Waals surface area (Å²) in [5.41, 5.74) is -1.18. The number of fused-ring (bicyclic) bond motifs is 1. The molecule has 0 spiro atoms. The zero-order chi connectivity index (χ0) is 45.0. The van der Waals surface area contributed by atoms with E-state index >= 15 is 0 Å². The van der Waals surface area contributed by atoms with Gasteiger partial charge >= 0.3 is 12.1 Å². The molecule has 2 unspecified atom stereocenters. The summed E-state index contributed by atoms with van der Waals surface area (Å²) < 4.78 is 33.3. The Morgan fingerprint density at radius 3 is 2.38 bits per heavy atom. The monoisotopic (exact) mass is 856 g/mol. The van der Waals surface area contributed by atoms with Crippen LogP contribution in [-0.4, -0.2) is 158 Å². The molecule has 3 aliphatic rings. The number of esters is 1. The number of aliphatic hydroxyl groups excluding tert-OH is 1. The molecule has 2 aromatic rings. The summed E-state index contributed by atoms with van der Waals surface area (Å²) in [6.45, 7) is 17.0. The van der Waals surface area contributed by atoms with E-state index in [2.05, 4.69) is 15.3 Å². The van der Waals surface area contributed by atoms with Crippen molar-refractivity contribution in [1.29, 1.82) is 0 Å². The highest BCUT2D eigenvalue weighted by Gasteiger charge is 2.60. The van der Waals surface area contributed by atoms with Gasteiger partial charge in [0.05, 0.1) is 41.8 Å². The van der Waals surface area contributed by atoms with Gasteiger partial charge < -0.3 is 38.6 Å². The number of amides is 2. The molecule has 5 heterocycles. The largest absolute Gasteiger partial charge is 0.458 e. The molecular weight excluding hydrogens is 787 g/mol. The Bertz CT molecular complexity index is 1810. The number of unbranched alkanes of at least 4 members (excludes halogenated alkanes) is 1. The first-order chi connectivity index (χ1) is 28.8. The lowest BCUT2D eigenvalue weighted by Crippen LogP contribution is -2.62. The zero-order valence-corrected chi connectivity index (χ0v) is 38.1. The number of cyclic esters (lactones) is 1. The van der Waals surface area contributed by atoms with E-state index in [1.165, 1.54) is 13.8 Å². The summed E-state index contributed by atoms with van der Waals surface area (Å²) in [5, 5.41) is 20.0. The molecule has 1 N–H and O–H groups in total. The van der Waals surface area contributed by atoms with E-state index in [0.717, 1.165) is 5.69 Å². The smallest absolute Gasteiger partial charge is 0.410 e. The highest BCUT2D eigenvalue weighted by atomic mass is 16.7. The van der Waals surface area contributed by atoms with Gasteiger partial charge in [-0.1, -0.05) is 32.1 Å². The number of Topliss-reactive ketones (excluding diaryl/α,β-unsaturated/α-hetero) is 1. The highest BCUT2D eigenvalue weighted by molar-refractivity contribution is 6.00. The van der Waals surface area contributed by atoms with E-state index in [1.54, 1.807) is 41.6 Å². The first-order valence-electron chi connectivity index (χ1n) is 21.8. The van der Waals surface area contributed by atoms with Gasteiger partial charge in [-0.3, -0.25) is 28.9 Å². The number of ether oxygens (including phenoxy) is 5. The van der Waals surface area contributed by atoms with E-state index in [0.29, 0.717) is 44.5 Å². The fraction of sp³-hybridized carbons (Fsp3) is 0.750. The second-order valence-corrected chi connectivity index (χ2v) is 18.1. The van der Waals surface area contributed by atoms with Crippen LogP contribution < -0.4 is 0 Å². The summed E-state index contributed by atoms with van der Waals surface area (Å²) in [4.78, 5) is 66.0. The number of aryl methyl sites for hydroxylation is 1. The lowest BCUT2D eigenvalue weighted by molar-refractivity contribution is -0.295. The molecular formula is C44H69N7O10. The van der Waals surface area contributed by atoms with Crippen molar-refractivity contribution >= 4 is 23.8 Å². The number of methoxy groups -OCH3 is 1. The fourth-order valence-corrected chi connectivity index (χ4v) is 9.81. The van der Waals surface area contributed by atoms with Crippen molar-refractivity contribution in [3.8, 4) is 11.4 Å². The van der Waals surface area contributed by atoms with E-state index in [4.69, 9.17) is 23.7 Å². The molecule has 0 bridgehead atoms. The van der Waals surface area contributed by atoms with Gasteiger partial charge in [0.2, 0.25) is 5.91 Å². The molecule has 0 aliphatic carbocycles. The minimum absolute atomic E-state index is 0.211. The number of ketones is 1. The number of carbonyl (C=O) groups is 4. The Labute approximate surface area is 360 Å². The average Bonchev–Trinajstić information content (AvgIpc) is 3.80. The number of nitrogens with zero attached hydrogens (tertiary/aromatic N) is 7. The molecule has 17 nitrogen and oxygen atoms in total. The molecule has 0 aromatic carbocycles. The van der Waals surface area contributed by atoms with Gasteiger partial charge in [-0.2, -0.15) is 0 Å². The van der Waals surface area contributed by atoms with Gasteiger partial charge in [0.25, 0.3) is 0 Å². The Morgan fingerprint density at radius 2 is 1.75 bits per heavy atom. The summed E-state index contributed by atoms with van der Waals surface area (Å²) in [6.07, 6.45) is 1.02. The predicted molar refractivity (Wildman–Crippen MR) is 225 cm³/mol. The molecule has 2 amide bonds. The van der Waals surface area contributed by atoms with Gasteiger partial charge in [-0.15, -0.1) is 5.10 Å². The average molecular weight is 856 g/mol. The van der Waals surface area contributed by atoms with Gasteiger partial charge in [-0.25, -0.2) is 4.79 Å². The number of hydrogen-bond donors (Lipinski definition) is 1. The molecule has 3 aliphatic heterocycles. The number of aliphatic hydroxyl groups is 1. The van der Waals surface area contributed by atoms with Gasteiger partial charge in [0, 0.05) is 51.8 Å². The van der Waals surface area contributed by atoms with Crippen LogP contribution in [0, 0.1) is 17.8 Å². The Balaban J connectivity index is 1.46. The molecule has 3 saturated heterocycles. The third kappa shape index (κ3) is 10.4. The SMILES string of the molecule is CC[C@H]1OC(=O)[C@H](C)C(=O)[C@@H](C)[C@@H](O[C@@H]2O[C@H](C)CC(N(C)C)C2O)[C@](C)(OC)C[C@@H](C)CN(C(C)=O)[C@H](C)[C@H]2N(CCCCn3cc(-c4ccccn4)nn3)C(=O)O[C@]12C. The molecule has 0 saturated carbocycles. The van der Waals surface area contributed by atoms with E-state index < -0.39 is 77.6 Å². The Morgan fingerprint density at radius 1 is 1.05 bits per heavy atom. The third-order valence-electron chi connectivity index (χ3n) is 13.2. The lowest BCUT2D eigenvalue weighted by Gasteiger charge is -2.47. The maximum atomic E-state index is 14.5. The van der Waals surface area contributed by atoms with Crippen LogP contribution in [0.25, 0.3) is 11.4 Å². The first kappa shape index (κ1) is 48.0. The molecule has 340 valence electrons. The fourth-order valence-electron chi connectivity index (χ4n) is 9.81. The van der Waals surface area contributed by atoms with Crippen molar-refractivity contribution in [2.75, 3.05) is 34.3 Å².